The van der Waals surface area contributed by atoms with Gasteiger partial charge in [0.1, 0.15) is 0 Å². The Balaban J connectivity index is 0. The van der Waals surface area contributed by atoms with Crippen LogP contribution in [-0.2, 0) is 4.79 Å². The van der Waals surface area contributed by atoms with Crippen LogP contribution in [0.15, 0.2) is 0 Å². The molecule has 0 fully saturated rings. The molecule has 0 heterocycles. The predicted molar refractivity (Wildman–Crippen MR) is 53.0 cm³/mol. The van der Waals surface area contributed by atoms with Crippen LogP contribution in [0.4, 0.5) is 0 Å². The van der Waals surface area contributed by atoms with Crippen LogP contribution in [0.25, 0.3) is 0 Å². The maximum absolute atomic E-state index is 10.8. The van der Waals surface area contributed by atoms with E-state index >= 15 is 0 Å². The lowest BCUT2D eigenvalue weighted by atomic mass is 10.2. The Labute approximate surface area is 79.1 Å². The molecule has 0 aromatic heterocycles. The van der Waals surface area contributed by atoms with Gasteiger partial charge in [0, 0.05) is 12.2 Å². The third kappa shape index (κ3) is 10.1. The van der Waals surface area contributed by atoms with Gasteiger partial charge in [-0.25, -0.2) is 0 Å². The van der Waals surface area contributed by atoms with Crippen LogP contribution >= 0.6 is 24.4 Å². The first-order valence-corrected chi connectivity index (χ1v) is 4.70. The minimum Gasteiger partial charge on any atom is -0.300 e. The number of halogens is 1. The van der Waals surface area contributed by atoms with E-state index in [1.165, 1.54) is 11.9 Å². The monoisotopic (exact) mass is 197 g/mol. The molecule has 0 aromatic carbocycles. The largest absolute Gasteiger partial charge is 0.300 e. The minimum atomic E-state index is 0. The Morgan fingerprint density at radius 2 is 2.09 bits per heavy atom. The molecule has 0 aliphatic rings. The van der Waals surface area contributed by atoms with E-state index in [2.05, 4.69) is 11.6 Å². The van der Waals surface area contributed by atoms with Crippen molar-refractivity contribution in [3.8, 4) is 0 Å². The highest BCUT2D eigenvalue weighted by molar-refractivity contribution is 7.97. The van der Waals surface area contributed by atoms with Gasteiger partial charge in [0.15, 0.2) is 0 Å². The number of carbonyl (C=O) groups is 1. The first-order chi connectivity index (χ1) is 4.81. The Bertz CT molecular complexity index is 90.4. The van der Waals surface area contributed by atoms with Gasteiger partial charge in [-0.15, -0.1) is 12.4 Å². The van der Waals surface area contributed by atoms with E-state index < -0.39 is 0 Å². The first kappa shape index (κ1) is 13.7. The average Bonchev–Trinajstić information content (AvgIpc) is 1.97. The fourth-order valence-corrected chi connectivity index (χ4v) is 0.948. The van der Waals surface area contributed by atoms with E-state index in [-0.39, 0.29) is 18.3 Å². The molecular formula is C7H16ClNOS. The molecule has 0 spiro atoms. The SMILES string of the molecule is CCCCC(=O)NSCC.Cl. The first-order valence-electron chi connectivity index (χ1n) is 3.71. The molecule has 4 heteroatoms. The molecule has 0 aliphatic carbocycles. The van der Waals surface area contributed by atoms with E-state index in [0.717, 1.165) is 18.6 Å². The van der Waals surface area contributed by atoms with Gasteiger partial charge in [0.25, 0.3) is 0 Å². The Morgan fingerprint density at radius 1 is 1.45 bits per heavy atom. The highest BCUT2D eigenvalue weighted by atomic mass is 35.5. The summed E-state index contributed by atoms with van der Waals surface area (Å²) < 4.78 is 2.74. The summed E-state index contributed by atoms with van der Waals surface area (Å²) >= 11 is 1.47. The lowest BCUT2D eigenvalue weighted by Gasteiger charge is -1.99. The van der Waals surface area contributed by atoms with Crippen LogP contribution in [0.1, 0.15) is 33.1 Å². The summed E-state index contributed by atoms with van der Waals surface area (Å²) in [6.45, 7) is 4.10. The lowest BCUT2D eigenvalue weighted by Crippen LogP contribution is -2.14. The molecule has 0 rings (SSSR count). The maximum Gasteiger partial charge on any atom is 0.229 e. The fraction of sp³-hybridized carbons (Fsp3) is 0.857. The zero-order valence-corrected chi connectivity index (χ0v) is 8.69. The molecule has 1 amide bonds. The second-order valence-electron chi connectivity index (χ2n) is 2.06. The van der Waals surface area contributed by atoms with Crippen LogP contribution in [-0.4, -0.2) is 11.7 Å². The second-order valence-corrected chi connectivity index (χ2v) is 3.13. The molecule has 68 valence electrons. The van der Waals surface area contributed by atoms with Crippen molar-refractivity contribution in [1.82, 2.24) is 4.72 Å². The van der Waals surface area contributed by atoms with Gasteiger partial charge in [0.2, 0.25) is 5.91 Å². The van der Waals surface area contributed by atoms with Gasteiger partial charge >= 0.3 is 0 Å². The molecule has 11 heavy (non-hydrogen) atoms. The summed E-state index contributed by atoms with van der Waals surface area (Å²) in [5, 5.41) is 0. The van der Waals surface area contributed by atoms with Crippen molar-refractivity contribution < 1.29 is 4.79 Å². The minimum absolute atomic E-state index is 0. The molecular weight excluding hydrogens is 182 g/mol. The summed E-state index contributed by atoms with van der Waals surface area (Å²) in [5.74, 6) is 1.10. The summed E-state index contributed by atoms with van der Waals surface area (Å²) in [6, 6.07) is 0. The normalized spacial score (nSPS) is 8.55. The van der Waals surface area contributed by atoms with E-state index in [0.29, 0.717) is 6.42 Å². The van der Waals surface area contributed by atoms with Crippen LogP contribution < -0.4 is 4.72 Å². The number of nitrogens with one attached hydrogen (secondary N) is 1. The number of hydrogen-bond acceptors (Lipinski definition) is 2. The molecule has 0 bridgehead atoms. The molecule has 0 atom stereocenters. The summed E-state index contributed by atoms with van der Waals surface area (Å²) in [4.78, 5) is 10.8. The van der Waals surface area contributed by atoms with Gasteiger partial charge in [0.05, 0.1) is 0 Å². The number of carbonyl (C=O) groups excluding carboxylic acids is 1. The quantitative estimate of drug-likeness (QED) is 0.686. The van der Waals surface area contributed by atoms with Crippen molar-refractivity contribution in [2.24, 2.45) is 0 Å². The molecule has 0 saturated carbocycles. The van der Waals surface area contributed by atoms with Crippen molar-refractivity contribution in [2.75, 3.05) is 5.75 Å². The van der Waals surface area contributed by atoms with Gasteiger partial charge in [-0.05, 0) is 6.42 Å². The van der Waals surface area contributed by atoms with Crippen LogP contribution in [0.2, 0.25) is 0 Å². The van der Waals surface area contributed by atoms with E-state index in [1.54, 1.807) is 0 Å². The average molecular weight is 198 g/mol. The Morgan fingerprint density at radius 3 is 2.55 bits per heavy atom. The third-order valence-electron chi connectivity index (χ3n) is 1.09. The smallest absolute Gasteiger partial charge is 0.229 e. The van der Waals surface area contributed by atoms with Crippen molar-refractivity contribution >= 4 is 30.3 Å². The topological polar surface area (TPSA) is 29.1 Å². The molecule has 0 saturated heterocycles. The summed E-state index contributed by atoms with van der Waals surface area (Å²) in [5.41, 5.74) is 0. The number of hydrogen-bond donors (Lipinski definition) is 1. The van der Waals surface area contributed by atoms with Gasteiger partial charge in [-0.2, -0.15) is 0 Å². The zero-order valence-electron chi connectivity index (χ0n) is 7.05. The highest BCUT2D eigenvalue weighted by Crippen LogP contribution is 1.97. The fourth-order valence-electron chi connectivity index (χ4n) is 0.541. The highest BCUT2D eigenvalue weighted by Gasteiger charge is 1.96. The zero-order chi connectivity index (χ0) is 7.82. The summed E-state index contributed by atoms with van der Waals surface area (Å²) in [7, 11) is 0. The van der Waals surface area contributed by atoms with Gasteiger partial charge < -0.3 is 4.72 Å². The van der Waals surface area contributed by atoms with Crippen LogP contribution in [0, 0.1) is 0 Å². The Hall–Kier alpha value is 0.110. The van der Waals surface area contributed by atoms with E-state index in [1.807, 2.05) is 6.92 Å². The van der Waals surface area contributed by atoms with Crippen LogP contribution in [0.3, 0.4) is 0 Å². The number of rotatable bonds is 5. The van der Waals surface area contributed by atoms with Gasteiger partial charge in [-0.1, -0.05) is 32.2 Å². The van der Waals surface area contributed by atoms with Gasteiger partial charge in [-0.3, -0.25) is 4.79 Å². The van der Waals surface area contributed by atoms with Crippen molar-refractivity contribution in [3.05, 3.63) is 0 Å². The van der Waals surface area contributed by atoms with Crippen molar-refractivity contribution in [1.29, 1.82) is 0 Å². The molecule has 0 aliphatic heterocycles. The number of amides is 1. The Kier molecular flexibility index (Phi) is 12.6. The molecule has 2 nitrogen and oxygen atoms in total. The van der Waals surface area contributed by atoms with Crippen molar-refractivity contribution in [3.63, 3.8) is 0 Å². The predicted octanol–water partition coefficient (Wildman–Crippen LogP) is 2.38. The molecule has 0 radical (unpaired) electrons. The molecule has 0 unspecified atom stereocenters. The van der Waals surface area contributed by atoms with E-state index in [9.17, 15) is 4.79 Å². The molecule has 0 aromatic rings. The maximum atomic E-state index is 10.8. The molecule has 1 N–H and O–H groups in total. The van der Waals surface area contributed by atoms with Crippen LogP contribution in [0.5, 0.6) is 0 Å². The second kappa shape index (κ2) is 10.1. The summed E-state index contributed by atoms with van der Waals surface area (Å²) in [6.07, 6.45) is 2.75. The lowest BCUT2D eigenvalue weighted by molar-refractivity contribution is -0.119. The standard InChI is InChI=1S/C7H15NOS.ClH/c1-3-5-6-7(9)8-10-4-2;/h3-6H2,1-2H3,(H,8,9);1H. The third-order valence-corrected chi connectivity index (χ3v) is 1.75. The number of unbranched alkanes of at least 4 members (excludes halogenated alkanes) is 1. The van der Waals surface area contributed by atoms with E-state index in [4.69, 9.17) is 0 Å². The van der Waals surface area contributed by atoms with Crippen molar-refractivity contribution in [2.45, 2.75) is 33.1 Å².